The number of fused-ring (bicyclic) bond motifs is 2. The first-order chi connectivity index (χ1) is 21.3. The van der Waals surface area contributed by atoms with Crippen LogP contribution in [0.3, 0.4) is 0 Å². The molecule has 2 heterocycles. The normalized spacial score (nSPS) is 11.3. The Morgan fingerprint density at radius 1 is 0.442 bits per heavy atom. The van der Waals surface area contributed by atoms with Gasteiger partial charge in [0, 0.05) is 17.3 Å². The average Bonchev–Trinajstić information content (AvgIpc) is 3.52. The highest BCUT2D eigenvalue weighted by Gasteiger charge is 2.11. The highest BCUT2D eigenvalue weighted by atomic mass is 16.3. The van der Waals surface area contributed by atoms with Gasteiger partial charge in [-0.1, -0.05) is 109 Å². The van der Waals surface area contributed by atoms with Gasteiger partial charge in [0.15, 0.2) is 5.58 Å². The quantitative estimate of drug-likeness (QED) is 0.214. The highest BCUT2D eigenvalue weighted by molar-refractivity contribution is 5.97. The summed E-state index contributed by atoms with van der Waals surface area (Å²) in [7, 11) is 0. The van der Waals surface area contributed by atoms with Crippen molar-refractivity contribution in [3.05, 3.63) is 158 Å². The summed E-state index contributed by atoms with van der Waals surface area (Å²) < 4.78 is 6.17. The minimum Gasteiger partial charge on any atom is -0.436 e. The highest BCUT2D eigenvalue weighted by Crippen LogP contribution is 2.33. The Balaban J connectivity index is 1.05. The molecule has 2 aromatic heterocycles. The maximum Gasteiger partial charge on any atom is 0.227 e. The van der Waals surface area contributed by atoms with Crippen LogP contribution in [0.1, 0.15) is 0 Å². The van der Waals surface area contributed by atoms with Crippen molar-refractivity contribution in [1.29, 1.82) is 0 Å². The third-order valence-corrected chi connectivity index (χ3v) is 7.99. The van der Waals surface area contributed by atoms with E-state index in [4.69, 9.17) is 9.40 Å². The maximum absolute atomic E-state index is 6.17. The molecular weight excluding hydrogens is 524 g/mol. The standard InChI is InChI=1S/C40H26N2O/c1-2-11-35-29(7-1)8-6-12-36(35)30-18-14-28(15-19-30)33-22-23-39-38(26-33)42-40(43-39)31-20-16-27(17-21-31)32-9-5-10-34(25-32)37-13-3-4-24-41-37/h1-26H. The summed E-state index contributed by atoms with van der Waals surface area (Å²) in [5.74, 6) is 0.618. The fraction of sp³-hybridized carbons (Fsp3) is 0. The fourth-order valence-electron chi connectivity index (χ4n) is 5.75. The van der Waals surface area contributed by atoms with Crippen molar-refractivity contribution >= 4 is 21.9 Å². The van der Waals surface area contributed by atoms with Crippen LogP contribution in [0, 0.1) is 0 Å². The number of hydrogen-bond acceptors (Lipinski definition) is 3. The molecule has 0 spiro atoms. The van der Waals surface area contributed by atoms with Crippen molar-refractivity contribution < 1.29 is 4.42 Å². The molecule has 0 saturated carbocycles. The van der Waals surface area contributed by atoms with E-state index in [1.165, 1.54) is 21.9 Å². The molecule has 202 valence electrons. The van der Waals surface area contributed by atoms with Gasteiger partial charge in [-0.2, -0.15) is 0 Å². The molecule has 0 fully saturated rings. The summed E-state index contributed by atoms with van der Waals surface area (Å²) in [6.07, 6.45) is 1.82. The van der Waals surface area contributed by atoms with Crippen LogP contribution in [0.2, 0.25) is 0 Å². The molecule has 0 N–H and O–H groups in total. The monoisotopic (exact) mass is 550 g/mol. The second-order valence-electron chi connectivity index (χ2n) is 10.7. The molecule has 0 aliphatic rings. The molecule has 6 aromatic carbocycles. The van der Waals surface area contributed by atoms with Crippen molar-refractivity contribution in [3.8, 4) is 56.1 Å². The summed E-state index contributed by atoms with van der Waals surface area (Å²) in [4.78, 5) is 9.34. The van der Waals surface area contributed by atoms with E-state index in [1.54, 1.807) is 0 Å². The van der Waals surface area contributed by atoms with Gasteiger partial charge in [-0.15, -0.1) is 0 Å². The molecule has 0 bridgehead atoms. The molecule has 0 aliphatic heterocycles. The smallest absolute Gasteiger partial charge is 0.227 e. The van der Waals surface area contributed by atoms with Crippen molar-refractivity contribution in [3.63, 3.8) is 0 Å². The molecule has 8 rings (SSSR count). The van der Waals surface area contributed by atoms with Gasteiger partial charge in [-0.05, 0) is 86.6 Å². The Bertz CT molecular complexity index is 2210. The van der Waals surface area contributed by atoms with Crippen LogP contribution >= 0.6 is 0 Å². The largest absolute Gasteiger partial charge is 0.436 e. The average molecular weight is 551 g/mol. The number of hydrogen-bond donors (Lipinski definition) is 0. The first-order valence-corrected chi connectivity index (χ1v) is 14.4. The second kappa shape index (κ2) is 10.6. The van der Waals surface area contributed by atoms with E-state index < -0.39 is 0 Å². The number of rotatable bonds is 5. The van der Waals surface area contributed by atoms with Crippen molar-refractivity contribution in [2.24, 2.45) is 0 Å². The molecule has 0 radical (unpaired) electrons. The molecule has 0 atom stereocenters. The van der Waals surface area contributed by atoms with E-state index in [2.05, 4.69) is 132 Å². The SMILES string of the molecule is c1ccc(-c2cccc(-c3ccc(-c4nc5cc(-c6ccc(-c7cccc8ccccc78)cc6)ccc5o4)cc3)c2)nc1. The number of oxazole rings is 1. The van der Waals surface area contributed by atoms with Crippen molar-refractivity contribution in [2.45, 2.75) is 0 Å². The zero-order valence-electron chi connectivity index (χ0n) is 23.3. The number of nitrogens with zero attached hydrogens (tertiary/aromatic N) is 2. The van der Waals surface area contributed by atoms with Crippen LogP contribution in [-0.4, -0.2) is 9.97 Å². The lowest BCUT2D eigenvalue weighted by molar-refractivity contribution is 0.620. The first kappa shape index (κ1) is 25.0. The molecule has 3 nitrogen and oxygen atoms in total. The van der Waals surface area contributed by atoms with E-state index in [0.717, 1.165) is 50.2 Å². The molecule has 0 unspecified atom stereocenters. The predicted octanol–water partition coefficient (Wildman–Crippen LogP) is 10.7. The third kappa shape index (κ3) is 4.77. The Kier molecular flexibility index (Phi) is 6.12. The minimum atomic E-state index is 0.618. The molecular formula is C40H26N2O. The van der Waals surface area contributed by atoms with Crippen LogP contribution in [0.4, 0.5) is 0 Å². The van der Waals surface area contributed by atoms with Gasteiger partial charge in [-0.3, -0.25) is 4.98 Å². The zero-order chi connectivity index (χ0) is 28.6. The molecule has 0 saturated heterocycles. The Morgan fingerprint density at radius 3 is 1.91 bits per heavy atom. The van der Waals surface area contributed by atoms with Crippen LogP contribution < -0.4 is 0 Å². The summed E-state index contributed by atoms with van der Waals surface area (Å²) in [5.41, 5.74) is 11.6. The first-order valence-electron chi connectivity index (χ1n) is 14.4. The zero-order valence-corrected chi connectivity index (χ0v) is 23.3. The topological polar surface area (TPSA) is 38.9 Å². The summed E-state index contributed by atoms with van der Waals surface area (Å²) in [6, 6.07) is 52.8. The molecule has 3 heteroatoms. The van der Waals surface area contributed by atoms with E-state index in [1.807, 2.05) is 30.5 Å². The van der Waals surface area contributed by atoms with E-state index in [0.29, 0.717) is 5.89 Å². The van der Waals surface area contributed by atoms with Crippen LogP contribution in [0.5, 0.6) is 0 Å². The lowest BCUT2D eigenvalue weighted by atomic mass is 9.96. The lowest BCUT2D eigenvalue weighted by Crippen LogP contribution is -1.84. The summed E-state index contributed by atoms with van der Waals surface area (Å²) in [5, 5.41) is 2.51. The molecule has 0 amide bonds. The van der Waals surface area contributed by atoms with Crippen molar-refractivity contribution in [1.82, 2.24) is 9.97 Å². The number of benzene rings is 6. The van der Waals surface area contributed by atoms with Gasteiger partial charge in [0.1, 0.15) is 5.52 Å². The number of aromatic nitrogens is 2. The predicted molar refractivity (Wildman–Crippen MR) is 176 cm³/mol. The van der Waals surface area contributed by atoms with Crippen molar-refractivity contribution in [2.75, 3.05) is 0 Å². The van der Waals surface area contributed by atoms with Crippen LogP contribution in [-0.2, 0) is 0 Å². The van der Waals surface area contributed by atoms with Gasteiger partial charge in [0.2, 0.25) is 5.89 Å². The van der Waals surface area contributed by atoms with E-state index in [-0.39, 0.29) is 0 Å². The lowest BCUT2D eigenvalue weighted by Gasteiger charge is -2.08. The Hall–Kier alpha value is -5.80. The van der Waals surface area contributed by atoms with Gasteiger partial charge in [0.25, 0.3) is 0 Å². The minimum absolute atomic E-state index is 0.618. The van der Waals surface area contributed by atoms with Gasteiger partial charge in [0.05, 0.1) is 5.69 Å². The summed E-state index contributed by atoms with van der Waals surface area (Å²) >= 11 is 0. The van der Waals surface area contributed by atoms with Crippen LogP contribution in [0.15, 0.2) is 162 Å². The van der Waals surface area contributed by atoms with E-state index >= 15 is 0 Å². The summed E-state index contributed by atoms with van der Waals surface area (Å²) in [6.45, 7) is 0. The maximum atomic E-state index is 6.17. The molecule has 43 heavy (non-hydrogen) atoms. The van der Waals surface area contributed by atoms with Gasteiger partial charge < -0.3 is 4.42 Å². The van der Waals surface area contributed by atoms with Gasteiger partial charge in [-0.25, -0.2) is 4.98 Å². The van der Waals surface area contributed by atoms with Crippen LogP contribution in [0.25, 0.3) is 78.0 Å². The van der Waals surface area contributed by atoms with Gasteiger partial charge >= 0.3 is 0 Å². The molecule has 0 aliphatic carbocycles. The molecule has 8 aromatic rings. The fourth-order valence-corrected chi connectivity index (χ4v) is 5.75. The Labute approximate surface area is 249 Å². The number of pyridine rings is 1. The third-order valence-electron chi connectivity index (χ3n) is 7.99. The Morgan fingerprint density at radius 2 is 1.09 bits per heavy atom. The van der Waals surface area contributed by atoms with E-state index in [9.17, 15) is 0 Å². The second-order valence-corrected chi connectivity index (χ2v) is 10.7.